The van der Waals surface area contributed by atoms with Crippen molar-refractivity contribution >= 4 is 5.78 Å². The highest BCUT2D eigenvalue weighted by atomic mass is 16.1. The first-order chi connectivity index (χ1) is 13.1. The molecule has 0 aromatic carbocycles. The van der Waals surface area contributed by atoms with Gasteiger partial charge in [0.25, 0.3) is 0 Å². The van der Waals surface area contributed by atoms with Crippen LogP contribution in [0.25, 0.3) is 0 Å². The summed E-state index contributed by atoms with van der Waals surface area (Å²) < 4.78 is 0. The van der Waals surface area contributed by atoms with Crippen molar-refractivity contribution in [2.45, 2.75) is 105 Å². The Morgan fingerprint density at radius 2 is 1.48 bits per heavy atom. The van der Waals surface area contributed by atoms with Crippen molar-refractivity contribution in [3.05, 3.63) is 0 Å². The highest BCUT2D eigenvalue weighted by Crippen LogP contribution is 2.29. The van der Waals surface area contributed by atoms with Gasteiger partial charge in [-0.2, -0.15) is 0 Å². The monoisotopic (exact) mass is 380 g/mol. The number of carbonyl (C=O) groups is 1. The fraction of sp³-hybridized carbons (Fsp3) is 0.958. The molecule has 0 aromatic rings. The van der Waals surface area contributed by atoms with Gasteiger partial charge in [-0.3, -0.25) is 9.69 Å². The third-order valence-electron chi connectivity index (χ3n) is 6.43. The molecule has 1 heterocycles. The Hall–Kier alpha value is -0.410. The van der Waals surface area contributed by atoms with Gasteiger partial charge in [-0.25, -0.2) is 0 Å². The van der Waals surface area contributed by atoms with E-state index in [0.29, 0.717) is 11.7 Å². The normalized spacial score (nSPS) is 24.5. The van der Waals surface area contributed by atoms with Gasteiger partial charge in [-0.15, -0.1) is 0 Å². The molecule has 0 aromatic heterocycles. The summed E-state index contributed by atoms with van der Waals surface area (Å²) in [5, 5.41) is 0. The van der Waals surface area contributed by atoms with Crippen LogP contribution in [-0.2, 0) is 4.79 Å². The number of hydrogen-bond acceptors (Lipinski definition) is 3. The molecule has 1 aliphatic carbocycles. The Kier molecular flexibility index (Phi) is 13.3. The van der Waals surface area contributed by atoms with Gasteiger partial charge in [0.2, 0.25) is 0 Å². The van der Waals surface area contributed by atoms with Crippen molar-refractivity contribution in [3.63, 3.8) is 0 Å². The average Bonchev–Trinajstić information content (AvgIpc) is 2.72. The molecule has 3 nitrogen and oxygen atoms in total. The van der Waals surface area contributed by atoms with E-state index in [4.69, 9.17) is 0 Å². The van der Waals surface area contributed by atoms with Crippen molar-refractivity contribution < 1.29 is 4.79 Å². The third-order valence-corrected chi connectivity index (χ3v) is 6.43. The van der Waals surface area contributed by atoms with Crippen molar-refractivity contribution in [1.29, 1.82) is 0 Å². The van der Waals surface area contributed by atoms with Crippen LogP contribution in [0.3, 0.4) is 0 Å². The Morgan fingerprint density at radius 3 is 2.04 bits per heavy atom. The maximum atomic E-state index is 11.9. The molecular formula is C24H48N2O. The van der Waals surface area contributed by atoms with E-state index in [1.165, 1.54) is 77.7 Å². The number of nitrogens with zero attached hydrogens (tertiary/aromatic N) is 2. The van der Waals surface area contributed by atoms with E-state index < -0.39 is 0 Å². The minimum atomic E-state index is 0.373. The molecule has 0 radical (unpaired) electrons. The molecule has 27 heavy (non-hydrogen) atoms. The third kappa shape index (κ3) is 9.56. The van der Waals surface area contributed by atoms with Gasteiger partial charge in [0, 0.05) is 44.6 Å². The number of Topliss-reactive ketones (excluding diaryl/α,β-unsaturated/α-hetero) is 1. The van der Waals surface area contributed by atoms with Crippen LogP contribution in [-0.4, -0.2) is 54.3 Å². The van der Waals surface area contributed by atoms with E-state index in [0.717, 1.165) is 31.2 Å². The second kappa shape index (κ2) is 14.6. The highest BCUT2D eigenvalue weighted by Gasteiger charge is 2.30. The van der Waals surface area contributed by atoms with E-state index in [2.05, 4.69) is 23.6 Å². The molecule has 1 aliphatic heterocycles. The van der Waals surface area contributed by atoms with E-state index in [1.54, 1.807) is 0 Å². The molecule has 0 unspecified atom stereocenters. The summed E-state index contributed by atoms with van der Waals surface area (Å²) in [6, 6.07) is 0.749. The average molecular weight is 381 g/mol. The quantitative estimate of drug-likeness (QED) is 0.449. The SMILES string of the molecule is CC.CCC(=O)C1CCC(N2CCN(CCCCCCC(C)C)CC2)CC1. The zero-order chi connectivity index (χ0) is 20.1. The van der Waals surface area contributed by atoms with E-state index in [9.17, 15) is 4.79 Å². The van der Waals surface area contributed by atoms with Crippen molar-refractivity contribution in [3.8, 4) is 0 Å². The molecule has 160 valence electrons. The van der Waals surface area contributed by atoms with Crippen LogP contribution in [0.15, 0.2) is 0 Å². The van der Waals surface area contributed by atoms with Gasteiger partial charge in [0.1, 0.15) is 5.78 Å². The first-order valence-electron chi connectivity index (χ1n) is 12.1. The van der Waals surface area contributed by atoms with Gasteiger partial charge >= 0.3 is 0 Å². The Balaban J connectivity index is 0.00000176. The van der Waals surface area contributed by atoms with Gasteiger partial charge in [0.15, 0.2) is 0 Å². The Morgan fingerprint density at radius 1 is 0.889 bits per heavy atom. The van der Waals surface area contributed by atoms with Crippen LogP contribution in [0.5, 0.6) is 0 Å². The molecule has 2 fully saturated rings. The molecule has 0 bridgehead atoms. The molecule has 0 atom stereocenters. The lowest BCUT2D eigenvalue weighted by Gasteiger charge is -2.41. The maximum Gasteiger partial charge on any atom is 0.135 e. The Bertz CT molecular complexity index is 367. The van der Waals surface area contributed by atoms with Crippen LogP contribution < -0.4 is 0 Å². The van der Waals surface area contributed by atoms with Gasteiger partial charge < -0.3 is 4.90 Å². The molecule has 0 amide bonds. The number of unbranched alkanes of at least 4 members (excludes halogenated alkanes) is 3. The summed E-state index contributed by atoms with van der Waals surface area (Å²) >= 11 is 0. The largest absolute Gasteiger partial charge is 0.301 e. The van der Waals surface area contributed by atoms with Crippen molar-refractivity contribution in [1.82, 2.24) is 9.80 Å². The van der Waals surface area contributed by atoms with Crippen LogP contribution in [0.1, 0.15) is 98.8 Å². The molecule has 0 N–H and O–H groups in total. The van der Waals surface area contributed by atoms with Gasteiger partial charge in [0.05, 0.1) is 0 Å². The smallest absolute Gasteiger partial charge is 0.135 e. The fourth-order valence-electron chi connectivity index (χ4n) is 4.65. The number of ketones is 1. The number of carbonyl (C=O) groups excluding carboxylic acids is 1. The summed E-state index contributed by atoms with van der Waals surface area (Å²) in [4.78, 5) is 17.3. The number of piperazine rings is 1. The molecule has 2 aliphatic rings. The summed E-state index contributed by atoms with van der Waals surface area (Å²) in [6.07, 6.45) is 12.5. The minimum absolute atomic E-state index is 0.373. The molecule has 0 spiro atoms. The first-order valence-corrected chi connectivity index (χ1v) is 12.1. The van der Waals surface area contributed by atoms with Crippen LogP contribution in [0, 0.1) is 11.8 Å². The van der Waals surface area contributed by atoms with Crippen LogP contribution in [0.2, 0.25) is 0 Å². The van der Waals surface area contributed by atoms with E-state index in [1.807, 2.05) is 20.8 Å². The zero-order valence-electron chi connectivity index (χ0n) is 19.1. The molecule has 1 saturated heterocycles. The molecule has 2 rings (SSSR count). The van der Waals surface area contributed by atoms with Crippen LogP contribution in [0.4, 0.5) is 0 Å². The molecule has 3 heteroatoms. The second-order valence-corrected chi connectivity index (χ2v) is 8.80. The second-order valence-electron chi connectivity index (χ2n) is 8.80. The van der Waals surface area contributed by atoms with Gasteiger partial charge in [-0.1, -0.05) is 60.3 Å². The minimum Gasteiger partial charge on any atom is -0.301 e. The summed E-state index contributed by atoms with van der Waals surface area (Å²) in [6.45, 7) is 16.9. The number of rotatable bonds is 10. The molecule has 1 saturated carbocycles. The van der Waals surface area contributed by atoms with Crippen molar-refractivity contribution in [2.24, 2.45) is 11.8 Å². The standard InChI is InChI=1S/C22H42N2O.C2H6/c1-4-22(25)20-10-12-21(13-11-20)24-17-15-23(16-18-24)14-8-6-5-7-9-19(2)3;1-2/h19-21H,4-18H2,1-3H3;1-2H3. The predicted molar refractivity (Wildman–Crippen MR) is 118 cm³/mol. The highest BCUT2D eigenvalue weighted by molar-refractivity contribution is 5.80. The zero-order valence-corrected chi connectivity index (χ0v) is 19.1. The van der Waals surface area contributed by atoms with Crippen LogP contribution >= 0.6 is 0 Å². The lowest BCUT2D eigenvalue weighted by Crippen LogP contribution is -2.51. The lowest BCUT2D eigenvalue weighted by atomic mass is 9.82. The van der Waals surface area contributed by atoms with Gasteiger partial charge in [-0.05, 0) is 44.6 Å². The van der Waals surface area contributed by atoms with E-state index >= 15 is 0 Å². The topological polar surface area (TPSA) is 23.6 Å². The maximum absolute atomic E-state index is 11.9. The fourth-order valence-corrected chi connectivity index (χ4v) is 4.65. The number of hydrogen-bond donors (Lipinski definition) is 0. The Labute approximate surface area is 170 Å². The summed E-state index contributed by atoms with van der Waals surface area (Å²) in [5.74, 6) is 1.73. The predicted octanol–water partition coefficient (Wildman–Crippen LogP) is 5.77. The molecular weight excluding hydrogens is 332 g/mol. The summed E-state index contributed by atoms with van der Waals surface area (Å²) in [7, 11) is 0. The van der Waals surface area contributed by atoms with Crippen molar-refractivity contribution in [2.75, 3.05) is 32.7 Å². The summed E-state index contributed by atoms with van der Waals surface area (Å²) in [5.41, 5.74) is 0. The lowest BCUT2D eigenvalue weighted by molar-refractivity contribution is -0.123. The van der Waals surface area contributed by atoms with E-state index in [-0.39, 0.29) is 0 Å². The first kappa shape index (κ1) is 24.6.